The number of carbonyl (C=O) groups is 1. The van der Waals surface area contributed by atoms with E-state index < -0.39 is 0 Å². The molecule has 0 N–H and O–H groups in total. The van der Waals surface area contributed by atoms with Crippen LogP contribution in [0.5, 0.6) is 0 Å². The number of nitrogens with zero attached hydrogens (tertiary/aromatic N) is 6. The molecule has 0 spiro atoms. The van der Waals surface area contributed by atoms with E-state index in [1.165, 1.54) is 11.3 Å². The highest BCUT2D eigenvalue weighted by Gasteiger charge is 2.28. The monoisotopic (exact) mass is 418 g/mol. The van der Waals surface area contributed by atoms with Crippen molar-refractivity contribution >= 4 is 33.4 Å². The quantitative estimate of drug-likeness (QED) is 0.510. The van der Waals surface area contributed by atoms with Crippen molar-refractivity contribution in [1.82, 2.24) is 24.4 Å². The maximum absolute atomic E-state index is 13.6. The molecule has 30 heavy (non-hydrogen) atoms. The van der Waals surface area contributed by atoms with Crippen LogP contribution in [-0.2, 0) is 0 Å². The summed E-state index contributed by atoms with van der Waals surface area (Å²) in [6, 6.07) is 7.85. The number of piperazine rings is 1. The molecule has 4 aromatic heterocycles. The summed E-state index contributed by atoms with van der Waals surface area (Å²) in [4.78, 5) is 32.6. The normalized spacial score (nSPS) is 14.5. The Morgan fingerprint density at radius 2 is 1.70 bits per heavy atom. The lowest BCUT2D eigenvalue weighted by atomic mass is 10.1. The smallest absolute Gasteiger partial charge is 0.266 e. The van der Waals surface area contributed by atoms with Crippen molar-refractivity contribution in [3.63, 3.8) is 0 Å². The van der Waals surface area contributed by atoms with E-state index >= 15 is 0 Å². The van der Waals surface area contributed by atoms with Gasteiger partial charge in [-0.2, -0.15) is 0 Å². The number of rotatable bonds is 3. The maximum Gasteiger partial charge on any atom is 0.266 e. The molecule has 5 heterocycles. The number of fused-ring (bicyclic) bond motifs is 1. The van der Waals surface area contributed by atoms with Crippen LogP contribution in [0.15, 0.2) is 49.1 Å². The molecule has 7 nitrogen and oxygen atoms in total. The Kier molecular flexibility index (Phi) is 4.71. The van der Waals surface area contributed by atoms with Crippen LogP contribution in [0.3, 0.4) is 0 Å². The van der Waals surface area contributed by atoms with Crippen LogP contribution in [-0.4, -0.2) is 56.5 Å². The fourth-order valence-corrected chi connectivity index (χ4v) is 5.27. The molecule has 0 bridgehead atoms. The molecule has 1 fully saturated rings. The van der Waals surface area contributed by atoms with Gasteiger partial charge in [0.2, 0.25) is 5.95 Å². The van der Waals surface area contributed by atoms with Crippen molar-refractivity contribution in [3.05, 3.63) is 65.2 Å². The van der Waals surface area contributed by atoms with Gasteiger partial charge in [0.05, 0.1) is 5.69 Å². The molecule has 4 aromatic rings. The Hall–Kier alpha value is -3.26. The van der Waals surface area contributed by atoms with Gasteiger partial charge in [0.25, 0.3) is 5.91 Å². The van der Waals surface area contributed by atoms with Gasteiger partial charge < -0.3 is 14.4 Å². The molecule has 0 radical (unpaired) electrons. The molecule has 0 atom stereocenters. The highest BCUT2D eigenvalue weighted by atomic mass is 32.1. The average Bonchev–Trinajstić information content (AvgIpc) is 3.41. The number of hydrogen-bond acceptors (Lipinski definition) is 6. The number of anilines is 1. The number of aryl methyl sites for hydroxylation is 2. The van der Waals surface area contributed by atoms with Crippen molar-refractivity contribution in [2.45, 2.75) is 13.8 Å². The van der Waals surface area contributed by atoms with E-state index in [1.807, 2.05) is 47.0 Å². The molecule has 1 amide bonds. The number of pyridine rings is 1. The molecular formula is C22H22N6OS. The standard InChI is InChI=1S/C22H22N6OS/c1-15-14-16(2)25-20-17(15)18(26-8-3-4-9-26)19(30-20)21(29)27-10-12-28(13-11-27)22-23-6-5-7-24-22/h3-9,14H,10-13H2,1-2H3. The summed E-state index contributed by atoms with van der Waals surface area (Å²) in [5, 5.41) is 1.06. The molecule has 8 heteroatoms. The predicted octanol–water partition coefficient (Wildman–Crippen LogP) is 3.46. The zero-order valence-corrected chi connectivity index (χ0v) is 17.8. The third kappa shape index (κ3) is 3.23. The van der Waals surface area contributed by atoms with Gasteiger partial charge in [0.15, 0.2) is 0 Å². The average molecular weight is 419 g/mol. The Morgan fingerprint density at radius 3 is 2.40 bits per heavy atom. The van der Waals surface area contributed by atoms with E-state index in [4.69, 9.17) is 4.98 Å². The van der Waals surface area contributed by atoms with E-state index in [1.54, 1.807) is 12.4 Å². The number of carbonyl (C=O) groups excluding carboxylic acids is 1. The van der Waals surface area contributed by atoms with Gasteiger partial charge in [0, 0.05) is 62.0 Å². The number of thiophene rings is 1. The van der Waals surface area contributed by atoms with Gasteiger partial charge in [0.1, 0.15) is 9.71 Å². The van der Waals surface area contributed by atoms with Crippen LogP contribution < -0.4 is 4.90 Å². The van der Waals surface area contributed by atoms with Crippen molar-refractivity contribution in [3.8, 4) is 5.69 Å². The van der Waals surface area contributed by atoms with E-state index in [-0.39, 0.29) is 5.91 Å². The highest BCUT2D eigenvalue weighted by Crippen LogP contribution is 2.36. The molecule has 5 rings (SSSR count). The van der Waals surface area contributed by atoms with Crippen LogP contribution in [0.25, 0.3) is 15.9 Å². The summed E-state index contributed by atoms with van der Waals surface area (Å²) in [5.41, 5.74) is 3.04. The third-order valence-corrected chi connectivity index (χ3v) is 6.48. The SMILES string of the molecule is Cc1cc(C)c2c(-n3cccc3)c(C(=O)N3CCN(c4ncccn4)CC3)sc2n1. The minimum Gasteiger partial charge on any atom is -0.337 e. The van der Waals surface area contributed by atoms with E-state index in [0.29, 0.717) is 13.1 Å². The molecule has 1 aliphatic heterocycles. The maximum atomic E-state index is 13.6. The van der Waals surface area contributed by atoms with E-state index in [9.17, 15) is 4.79 Å². The first-order valence-electron chi connectivity index (χ1n) is 9.97. The van der Waals surface area contributed by atoms with Gasteiger partial charge in [-0.25, -0.2) is 15.0 Å². The molecule has 0 aliphatic carbocycles. The van der Waals surface area contributed by atoms with Gasteiger partial charge in [-0.15, -0.1) is 11.3 Å². The number of amides is 1. The predicted molar refractivity (Wildman–Crippen MR) is 119 cm³/mol. The Balaban J connectivity index is 1.48. The van der Waals surface area contributed by atoms with Crippen molar-refractivity contribution in [2.75, 3.05) is 31.1 Å². The van der Waals surface area contributed by atoms with Crippen LogP contribution in [0.2, 0.25) is 0 Å². The van der Waals surface area contributed by atoms with Gasteiger partial charge >= 0.3 is 0 Å². The van der Waals surface area contributed by atoms with Crippen LogP contribution in [0.1, 0.15) is 20.9 Å². The van der Waals surface area contributed by atoms with E-state index in [0.717, 1.165) is 51.1 Å². The van der Waals surface area contributed by atoms with Crippen molar-refractivity contribution < 1.29 is 4.79 Å². The summed E-state index contributed by atoms with van der Waals surface area (Å²) < 4.78 is 2.03. The molecule has 1 saturated heterocycles. The van der Waals surface area contributed by atoms with Crippen molar-refractivity contribution in [2.24, 2.45) is 0 Å². The number of hydrogen-bond donors (Lipinski definition) is 0. The first-order valence-corrected chi connectivity index (χ1v) is 10.8. The molecule has 1 aliphatic rings. The minimum atomic E-state index is 0.0624. The largest absolute Gasteiger partial charge is 0.337 e. The molecule has 0 saturated carbocycles. The minimum absolute atomic E-state index is 0.0624. The molecule has 0 aromatic carbocycles. The first kappa shape index (κ1) is 18.7. The Labute approximate surface area is 178 Å². The summed E-state index contributed by atoms with van der Waals surface area (Å²) in [6.45, 7) is 6.80. The fourth-order valence-electron chi connectivity index (χ4n) is 4.01. The third-order valence-electron chi connectivity index (χ3n) is 5.42. The van der Waals surface area contributed by atoms with Crippen LogP contribution in [0, 0.1) is 13.8 Å². The van der Waals surface area contributed by atoms with Gasteiger partial charge in [-0.05, 0) is 43.7 Å². The van der Waals surface area contributed by atoms with E-state index in [2.05, 4.69) is 27.9 Å². The lowest BCUT2D eigenvalue weighted by Gasteiger charge is -2.34. The van der Waals surface area contributed by atoms with Gasteiger partial charge in [-0.1, -0.05) is 0 Å². The second kappa shape index (κ2) is 7.53. The molecule has 152 valence electrons. The fraction of sp³-hybridized carbons (Fsp3) is 0.273. The highest BCUT2D eigenvalue weighted by molar-refractivity contribution is 7.21. The van der Waals surface area contributed by atoms with Crippen molar-refractivity contribution in [1.29, 1.82) is 0 Å². The second-order valence-corrected chi connectivity index (χ2v) is 8.46. The van der Waals surface area contributed by atoms with Crippen LogP contribution in [0.4, 0.5) is 5.95 Å². The summed E-state index contributed by atoms with van der Waals surface area (Å²) in [6.07, 6.45) is 7.47. The second-order valence-electron chi connectivity index (χ2n) is 7.46. The Bertz CT molecular complexity index is 1190. The summed E-state index contributed by atoms with van der Waals surface area (Å²) >= 11 is 1.49. The number of aromatic nitrogens is 4. The molecule has 0 unspecified atom stereocenters. The lowest BCUT2D eigenvalue weighted by molar-refractivity contribution is 0.0751. The summed E-state index contributed by atoms with van der Waals surface area (Å²) in [5.74, 6) is 0.780. The molecular weight excluding hydrogens is 396 g/mol. The zero-order chi connectivity index (χ0) is 20.7. The van der Waals surface area contributed by atoms with Gasteiger partial charge in [-0.3, -0.25) is 4.79 Å². The lowest BCUT2D eigenvalue weighted by Crippen LogP contribution is -2.49. The first-order chi connectivity index (χ1) is 14.6. The zero-order valence-electron chi connectivity index (χ0n) is 16.9. The van der Waals surface area contributed by atoms with Crippen LogP contribution >= 0.6 is 11.3 Å². The topological polar surface area (TPSA) is 67.2 Å². The summed E-state index contributed by atoms with van der Waals surface area (Å²) in [7, 11) is 0. The Morgan fingerprint density at radius 1 is 1.00 bits per heavy atom.